The quantitative estimate of drug-likeness (QED) is 0.428. The second-order valence-corrected chi connectivity index (χ2v) is 2.79. The lowest BCUT2D eigenvalue weighted by atomic mass is 9.95. The van der Waals surface area contributed by atoms with E-state index < -0.39 is 5.91 Å². The molecule has 0 aromatic heterocycles. The second-order valence-electron chi connectivity index (χ2n) is 2.79. The van der Waals surface area contributed by atoms with Gasteiger partial charge in [0.2, 0.25) is 0 Å². The van der Waals surface area contributed by atoms with E-state index in [1.807, 2.05) is 0 Å². The fourth-order valence-corrected chi connectivity index (χ4v) is 1.35. The minimum absolute atomic E-state index is 0.637. The van der Waals surface area contributed by atoms with Crippen LogP contribution < -0.4 is 0 Å². The van der Waals surface area contributed by atoms with Gasteiger partial charge < -0.3 is 0 Å². The number of nitrogens with zero attached hydrogens (tertiary/aromatic N) is 1. The maximum atomic E-state index is 10.5. The van der Waals surface area contributed by atoms with Crippen molar-refractivity contribution in [3.05, 3.63) is 16.6 Å². The Morgan fingerprint density at radius 1 is 1.27 bits per heavy atom. The van der Waals surface area contributed by atoms with Crippen molar-refractivity contribution in [2.75, 3.05) is 0 Å². The van der Waals surface area contributed by atoms with E-state index in [0.29, 0.717) is 0 Å². The molecule has 1 aliphatic rings. The van der Waals surface area contributed by atoms with Crippen LogP contribution in [0.4, 0.5) is 0 Å². The van der Waals surface area contributed by atoms with E-state index in [4.69, 9.17) is 0 Å². The molecule has 0 atom stereocenters. The third-order valence-electron chi connectivity index (χ3n) is 1.91. The van der Waals surface area contributed by atoms with E-state index in [-0.39, 0.29) is 0 Å². The summed E-state index contributed by atoms with van der Waals surface area (Å²) in [6, 6.07) is 0. The Bertz CT molecular complexity index is 188. The Morgan fingerprint density at radius 2 is 1.91 bits per heavy atom. The van der Waals surface area contributed by atoms with Gasteiger partial charge in [0.15, 0.2) is 0 Å². The normalized spacial score (nSPS) is 17.6. The van der Waals surface area contributed by atoms with Gasteiger partial charge in [-0.3, -0.25) is 4.79 Å². The van der Waals surface area contributed by atoms with Crippen LogP contribution in [0.15, 0.2) is 16.8 Å². The number of carbonyl (C=O) groups excluding carboxylic acids is 1. The Kier molecular flexibility index (Phi) is 2.95. The van der Waals surface area contributed by atoms with E-state index in [2.05, 4.69) is 5.18 Å². The molecule has 0 heterocycles. The molecule has 0 aliphatic heterocycles. The van der Waals surface area contributed by atoms with Gasteiger partial charge in [-0.2, -0.15) is 0 Å². The average molecular weight is 153 g/mol. The third kappa shape index (κ3) is 2.62. The van der Waals surface area contributed by atoms with Gasteiger partial charge in [-0.25, -0.2) is 0 Å². The SMILES string of the molecule is O=NC(=O)C=C1CCCCC1. The highest BCUT2D eigenvalue weighted by molar-refractivity contribution is 5.88. The first-order valence-electron chi connectivity index (χ1n) is 3.89. The highest BCUT2D eigenvalue weighted by Crippen LogP contribution is 2.22. The maximum Gasteiger partial charge on any atom is 0.309 e. The molecule has 60 valence electrons. The first kappa shape index (κ1) is 8.11. The van der Waals surface area contributed by atoms with Crippen molar-refractivity contribution >= 4 is 5.91 Å². The molecule has 0 unspecified atom stereocenters. The number of allylic oxidation sites excluding steroid dienone is 1. The summed E-state index contributed by atoms with van der Waals surface area (Å²) < 4.78 is 0. The van der Waals surface area contributed by atoms with Crippen LogP contribution in [0, 0.1) is 4.91 Å². The molecule has 11 heavy (non-hydrogen) atoms. The summed E-state index contributed by atoms with van der Waals surface area (Å²) in [4.78, 5) is 20.3. The monoisotopic (exact) mass is 153 g/mol. The molecule has 1 rings (SSSR count). The number of hydrogen-bond acceptors (Lipinski definition) is 2. The predicted octanol–water partition coefficient (Wildman–Crippen LogP) is 2.17. The van der Waals surface area contributed by atoms with Gasteiger partial charge in [0.1, 0.15) is 0 Å². The molecule has 0 saturated heterocycles. The van der Waals surface area contributed by atoms with E-state index in [1.165, 1.54) is 12.5 Å². The average Bonchev–Trinajstić information content (AvgIpc) is 2.06. The number of nitroso groups, excluding NO2 is 1. The van der Waals surface area contributed by atoms with Crippen molar-refractivity contribution < 1.29 is 4.79 Å². The number of rotatable bonds is 1. The van der Waals surface area contributed by atoms with Gasteiger partial charge in [-0.15, -0.1) is 4.91 Å². The van der Waals surface area contributed by atoms with E-state index in [1.54, 1.807) is 0 Å². The molecule has 1 aliphatic carbocycles. The molecule has 0 N–H and O–H groups in total. The molecular formula is C8H11NO2. The summed E-state index contributed by atoms with van der Waals surface area (Å²) in [5.41, 5.74) is 1.08. The van der Waals surface area contributed by atoms with Crippen molar-refractivity contribution in [3.8, 4) is 0 Å². The standard InChI is InChI=1S/C8H11NO2/c10-8(9-11)6-7-4-2-1-3-5-7/h6H,1-5H2. The van der Waals surface area contributed by atoms with Gasteiger partial charge >= 0.3 is 5.91 Å². The zero-order chi connectivity index (χ0) is 8.10. The molecule has 0 aromatic rings. The van der Waals surface area contributed by atoms with Crippen LogP contribution in [-0.4, -0.2) is 5.91 Å². The lowest BCUT2D eigenvalue weighted by Gasteiger charge is -2.11. The van der Waals surface area contributed by atoms with Gasteiger partial charge in [-0.1, -0.05) is 12.0 Å². The summed E-state index contributed by atoms with van der Waals surface area (Å²) in [7, 11) is 0. The Labute approximate surface area is 65.5 Å². The maximum absolute atomic E-state index is 10.5. The molecule has 0 spiro atoms. The number of carbonyl (C=O) groups is 1. The van der Waals surface area contributed by atoms with Gasteiger partial charge in [0.25, 0.3) is 0 Å². The third-order valence-corrected chi connectivity index (χ3v) is 1.91. The molecule has 3 heteroatoms. The highest BCUT2D eigenvalue weighted by Gasteiger charge is 2.06. The van der Waals surface area contributed by atoms with Crippen LogP contribution in [-0.2, 0) is 4.79 Å². The smallest absolute Gasteiger partial charge is 0.264 e. The fraction of sp³-hybridized carbons (Fsp3) is 0.625. The van der Waals surface area contributed by atoms with Crippen molar-refractivity contribution in [2.24, 2.45) is 5.18 Å². The summed E-state index contributed by atoms with van der Waals surface area (Å²) in [5.74, 6) is -0.637. The minimum Gasteiger partial charge on any atom is -0.264 e. The van der Waals surface area contributed by atoms with Crippen LogP contribution in [0.1, 0.15) is 32.1 Å². The van der Waals surface area contributed by atoms with Gasteiger partial charge in [0.05, 0.1) is 0 Å². The van der Waals surface area contributed by atoms with Gasteiger partial charge in [0, 0.05) is 11.3 Å². The zero-order valence-electron chi connectivity index (χ0n) is 6.38. The van der Waals surface area contributed by atoms with E-state index >= 15 is 0 Å². The van der Waals surface area contributed by atoms with Crippen molar-refractivity contribution in [2.45, 2.75) is 32.1 Å². The first-order chi connectivity index (χ1) is 5.33. The van der Waals surface area contributed by atoms with E-state index in [0.717, 1.165) is 31.3 Å². The lowest BCUT2D eigenvalue weighted by Crippen LogP contribution is -1.96. The Balaban J connectivity index is 2.49. The van der Waals surface area contributed by atoms with Crippen molar-refractivity contribution in [1.29, 1.82) is 0 Å². The van der Waals surface area contributed by atoms with Crippen LogP contribution in [0.5, 0.6) is 0 Å². The molecular weight excluding hydrogens is 142 g/mol. The summed E-state index contributed by atoms with van der Waals surface area (Å²) >= 11 is 0. The molecule has 1 saturated carbocycles. The summed E-state index contributed by atoms with van der Waals surface area (Å²) in [6.45, 7) is 0. The zero-order valence-corrected chi connectivity index (χ0v) is 6.38. The van der Waals surface area contributed by atoms with Crippen molar-refractivity contribution in [1.82, 2.24) is 0 Å². The van der Waals surface area contributed by atoms with Crippen molar-refractivity contribution in [3.63, 3.8) is 0 Å². The van der Waals surface area contributed by atoms with Crippen LogP contribution in [0.25, 0.3) is 0 Å². The Morgan fingerprint density at radius 3 is 2.45 bits per heavy atom. The molecule has 1 amide bonds. The van der Waals surface area contributed by atoms with Crippen LogP contribution >= 0.6 is 0 Å². The molecule has 1 fully saturated rings. The second kappa shape index (κ2) is 4.01. The fourth-order valence-electron chi connectivity index (χ4n) is 1.35. The lowest BCUT2D eigenvalue weighted by molar-refractivity contribution is -0.113. The largest absolute Gasteiger partial charge is 0.309 e. The predicted molar refractivity (Wildman–Crippen MR) is 42.0 cm³/mol. The number of hydrogen-bond donors (Lipinski definition) is 0. The summed E-state index contributed by atoms with van der Waals surface area (Å²) in [6.07, 6.45) is 6.81. The molecule has 0 radical (unpaired) electrons. The Hall–Kier alpha value is -0.990. The highest BCUT2D eigenvalue weighted by atomic mass is 16.3. The topological polar surface area (TPSA) is 46.5 Å². The van der Waals surface area contributed by atoms with Crippen LogP contribution in [0.3, 0.4) is 0 Å². The van der Waals surface area contributed by atoms with Gasteiger partial charge in [-0.05, 0) is 25.7 Å². The molecule has 3 nitrogen and oxygen atoms in total. The first-order valence-corrected chi connectivity index (χ1v) is 3.89. The summed E-state index contributed by atoms with van der Waals surface area (Å²) in [5, 5.41) is 2.32. The molecule has 0 bridgehead atoms. The molecule has 0 aromatic carbocycles. The minimum atomic E-state index is -0.637. The number of amides is 1. The van der Waals surface area contributed by atoms with Crippen LogP contribution in [0.2, 0.25) is 0 Å². The van der Waals surface area contributed by atoms with E-state index in [9.17, 15) is 9.70 Å².